The van der Waals surface area contributed by atoms with Gasteiger partial charge in [0, 0.05) is 12.0 Å². The predicted octanol–water partition coefficient (Wildman–Crippen LogP) is 2.15. The summed E-state index contributed by atoms with van der Waals surface area (Å²) in [5.74, 6) is 0.618. The fraction of sp³-hybridized carbons (Fsp3) is 0.429. The Morgan fingerprint density at radius 1 is 1.33 bits per heavy atom. The summed E-state index contributed by atoms with van der Waals surface area (Å²) in [6.07, 6.45) is 2.68. The third kappa shape index (κ3) is 2.88. The molecule has 0 bridgehead atoms. The zero-order valence-corrected chi connectivity index (χ0v) is 10.4. The number of Topliss-reactive ketones (excluding diaryl/α,β-unsaturated/α-hetero) is 1. The van der Waals surface area contributed by atoms with Crippen LogP contribution in [0.2, 0.25) is 0 Å². The Morgan fingerprint density at radius 3 is 2.94 bits per heavy atom. The van der Waals surface area contributed by atoms with Crippen molar-refractivity contribution in [2.24, 2.45) is 0 Å². The van der Waals surface area contributed by atoms with Crippen molar-refractivity contribution in [1.82, 2.24) is 0 Å². The lowest BCUT2D eigenvalue weighted by atomic mass is 9.90. The number of hydrogen-bond donors (Lipinski definition) is 0. The van der Waals surface area contributed by atoms with E-state index < -0.39 is 0 Å². The number of esters is 1. The number of aryl methyl sites for hydroxylation is 1. The number of ether oxygens (including phenoxy) is 2. The van der Waals surface area contributed by atoms with E-state index in [1.807, 2.05) is 12.1 Å². The lowest BCUT2D eigenvalue weighted by Crippen LogP contribution is -2.11. The van der Waals surface area contributed by atoms with Gasteiger partial charge in [-0.15, -0.1) is 0 Å². The summed E-state index contributed by atoms with van der Waals surface area (Å²) >= 11 is 0. The van der Waals surface area contributed by atoms with Crippen LogP contribution >= 0.6 is 0 Å². The third-order valence-corrected chi connectivity index (χ3v) is 3.03. The molecule has 0 radical (unpaired) electrons. The lowest BCUT2D eigenvalue weighted by molar-refractivity contribution is -0.141. The number of ketones is 1. The fourth-order valence-electron chi connectivity index (χ4n) is 2.07. The molecule has 2 rings (SSSR count). The van der Waals surface area contributed by atoms with Crippen molar-refractivity contribution >= 4 is 11.8 Å². The first-order valence-electron chi connectivity index (χ1n) is 6.06. The molecule has 1 aromatic carbocycles. The highest BCUT2D eigenvalue weighted by atomic mass is 16.5. The molecule has 0 spiro atoms. The summed E-state index contributed by atoms with van der Waals surface area (Å²) < 4.78 is 10.00. The van der Waals surface area contributed by atoms with Gasteiger partial charge in [0.15, 0.2) is 5.78 Å². The summed E-state index contributed by atoms with van der Waals surface area (Å²) in [6.45, 7) is 0.291. The molecule has 4 nitrogen and oxygen atoms in total. The van der Waals surface area contributed by atoms with Crippen LogP contribution in [0.3, 0.4) is 0 Å². The highest BCUT2D eigenvalue weighted by Crippen LogP contribution is 2.25. The van der Waals surface area contributed by atoms with Crippen LogP contribution in [-0.2, 0) is 16.0 Å². The lowest BCUT2D eigenvalue weighted by Gasteiger charge is -2.15. The standard InChI is InChI=1S/C14H16O4/c1-17-14(16)7-8-18-11-5-6-12-10(9-11)3-2-4-13(12)15/h5-6,9H,2-4,7-8H2,1H3. The first-order chi connectivity index (χ1) is 8.70. The maximum Gasteiger partial charge on any atom is 0.308 e. The van der Waals surface area contributed by atoms with Gasteiger partial charge in [-0.3, -0.25) is 9.59 Å². The molecule has 0 heterocycles. The van der Waals surface area contributed by atoms with E-state index in [1.165, 1.54) is 7.11 Å². The van der Waals surface area contributed by atoms with Crippen LogP contribution in [0.4, 0.5) is 0 Å². The summed E-state index contributed by atoms with van der Waals surface area (Å²) in [7, 11) is 1.35. The van der Waals surface area contributed by atoms with Gasteiger partial charge in [0.2, 0.25) is 0 Å². The van der Waals surface area contributed by atoms with Gasteiger partial charge in [-0.05, 0) is 36.6 Å². The molecule has 0 saturated carbocycles. The van der Waals surface area contributed by atoms with E-state index in [9.17, 15) is 9.59 Å². The number of benzene rings is 1. The van der Waals surface area contributed by atoms with Crippen molar-refractivity contribution in [3.63, 3.8) is 0 Å². The fourth-order valence-corrected chi connectivity index (χ4v) is 2.07. The average Bonchev–Trinajstić information content (AvgIpc) is 2.38. The molecule has 0 unspecified atom stereocenters. The Morgan fingerprint density at radius 2 is 2.17 bits per heavy atom. The molecule has 0 saturated heterocycles. The molecule has 0 aromatic heterocycles. The molecule has 1 aliphatic rings. The van der Waals surface area contributed by atoms with Crippen molar-refractivity contribution in [3.8, 4) is 5.75 Å². The quantitative estimate of drug-likeness (QED) is 0.766. The Kier molecular flexibility index (Phi) is 3.97. The minimum Gasteiger partial charge on any atom is -0.493 e. The number of fused-ring (bicyclic) bond motifs is 1. The Bertz CT molecular complexity index is 465. The molecule has 0 fully saturated rings. The van der Waals surface area contributed by atoms with Crippen LogP contribution in [0.25, 0.3) is 0 Å². The van der Waals surface area contributed by atoms with E-state index in [4.69, 9.17) is 4.74 Å². The second kappa shape index (κ2) is 5.67. The van der Waals surface area contributed by atoms with Gasteiger partial charge >= 0.3 is 5.97 Å². The van der Waals surface area contributed by atoms with Crippen LogP contribution in [-0.4, -0.2) is 25.5 Å². The van der Waals surface area contributed by atoms with E-state index in [1.54, 1.807) is 6.07 Å². The number of hydrogen-bond acceptors (Lipinski definition) is 4. The SMILES string of the molecule is COC(=O)CCOc1ccc2c(c1)CCCC2=O. The molecule has 0 atom stereocenters. The first kappa shape index (κ1) is 12.6. The highest BCUT2D eigenvalue weighted by molar-refractivity contribution is 5.98. The van der Waals surface area contributed by atoms with E-state index in [0.717, 1.165) is 24.0 Å². The maximum absolute atomic E-state index is 11.6. The Hall–Kier alpha value is -1.84. The number of carbonyl (C=O) groups excluding carboxylic acids is 2. The molecule has 1 aromatic rings. The molecular weight excluding hydrogens is 232 g/mol. The van der Waals surface area contributed by atoms with E-state index >= 15 is 0 Å². The minimum absolute atomic E-state index is 0.206. The molecule has 0 aliphatic heterocycles. The van der Waals surface area contributed by atoms with Crippen molar-refractivity contribution in [1.29, 1.82) is 0 Å². The largest absolute Gasteiger partial charge is 0.493 e. The summed E-state index contributed by atoms with van der Waals surface area (Å²) in [6, 6.07) is 5.48. The number of methoxy groups -OCH3 is 1. The van der Waals surface area contributed by atoms with Gasteiger partial charge in [-0.2, -0.15) is 0 Å². The summed E-state index contributed by atoms with van der Waals surface area (Å²) in [4.78, 5) is 22.6. The number of rotatable bonds is 4. The molecule has 0 N–H and O–H groups in total. The molecule has 1 aliphatic carbocycles. The van der Waals surface area contributed by atoms with Crippen molar-refractivity contribution < 1.29 is 19.1 Å². The van der Waals surface area contributed by atoms with E-state index in [-0.39, 0.29) is 18.2 Å². The van der Waals surface area contributed by atoms with Gasteiger partial charge < -0.3 is 9.47 Å². The van der Waals surface area contributed by atoms with Crippen LogP contribution in [0, 0.1) is 0 Å². The minimum atomic E-state index is -0.289. The van der Waals surface area contributed by atoms with Crippen molar-refractivity contribution in [2.75, 3.05) is 13.7 Å². The van der Waals surface area contributed by atoms with Crippen LogP contribution < -0.4 is 4.74 Å². The maximum atomic E-state index is 11.6. The van der Waals surface area contributed by atoms with Crippen molar-refractivity contribution in [2.45, 2.75) is 25.7 Å². The zero-order chi connectivity index (χ0) is 13.0. The highest BCUT2D eigenvalue weighted by Gasteiger charge is 2.17. The molecule has 18 heavy (non-hydrogen) atoms. The topological polar surface area (TPSA) is 52.6 Å². The monoisotopic (exact) mass is 248 g/mol. The van der Waals surface area contributed by atoms with Gasteiger partial charge in [0.1, 0.15) is 5.75 Å². The predicted molar refractivity (Wildman–Crippen MR) is 65.8 cm³/mol. The van der Waals surface area contributed by atoms with Gasteiger partial charge in [-0.25, -0.2) is 0 Å². The molecule has 96 valence electrons. The Balaban J connectivity index is 1.98. The molecule has 0 amide bonds. The van der Waals surface area contributed by atoms with Crippen LogP contribution in [0.15, 0.2) is 18.2 Å². The average molecular weight is 248 g/mol. The van der Waals surface area contributed by atoms with Gasteiger partial charge in [0.25, 0.3) is 0 Å². The van der Waals surface area contributed by atoms with Crippen molar-refractivity contribution in [3.05, 3.63) is 29.3 Å². The second-order valence-electron chi connectivity index (χ2n) is 4.27. The Labute approximate surface area is 106 Å². The number of carbonyl (C=O) groups is 2. The van der Waals surface area contributed by atoms with E-state index in [0.29, 0.717) is 18.8 Å². The van der Waals surface area contributed by atoms with Gasteiger partial charge in [0.05, 0.1) is 20.1 Å². The summed E-state index contributed by atoms with van der Waals surface area (Å²) in [5, 5.41) is 0. The van der Waals surface area contributed by atoms with Crippen LogP contribution in [0.1, 0.15) is 35.2 Å². The summed E-state index contributed by atoms with van der Waals surface area (Å²) in [5.41, 5.74) is 1.85. The first-order valence-corrected chi connectivity index (χ1v) is 6.06. The van der Waals surface area contributed by atoms with E-state index in [2.05, 4.69) is 4.74 Å². The molecule has 4 heteroatoms. The molecular formula is C14H16O4. The zero-order valence-electron chi connectivity index (χ0n) is 10.4. The van der Waals surface area contributed by atoms with Crippen LogP contribution in [0.5, 0.6) is 5.75 Å². The third-order valence-electron chi connectivity index (χ3n) is 3.03. The normalized spacial score (nSPS) is 13.9. The smallest absolute Gasteiger partial charge is 0.308 e. The van der Waals surface area contributed by atoms with Gasteiger partial charge in [-0.1, -0.05) is 0 Å². The second-order valence-corrected chi connectivity index (χ2v) is 4.27.